The third kappa shape index (κ3) is 2.24. The Labute approximate surface area is 153 Å². The molecule has 0 unspecified atom stereocenters. The summed E-state index contributed by atoms with van der Waals surface area (Å²) < 4.78 is 6.38. The molecule has 0 saturated heterocycles. The van der Waals surface area contributed by atoms with Gasteiger partial charge in [0.25, 0.3) is 5.56 Å². The molecule has 0 spiro atoms. The number of hydrogen-bond acceptors (Lipinski definition) is 3. The SMILES string of the molecule is CCn1c(C)cn2c3c(=O)n(Cc4ccccc4Cl)c(=O)n(C)c3nc12. The third-order valence-corrected chi connectivity index (χ3v) is 5.11. The van der Waals surface area contributed by atoms with Crippen molar-refractivity contribution in [3.8, 4) is 0 Å². The van der Waals surface area contributed by atoms with Gasteiger partial charge in [-0.2, -0.15) is 4.98 Å². The van der Waals surface area contributed by atoms with Gasteiger partial charge in [-0.1, -0.05) is 29.8 Å². The minimum absolute atomic E-state index is 0.113. The van der Waals surface area contributed by atoms with Crippen LogP contribution in [0.4, 0.5) is 0 Å². The largest absolute Gasteiger partial charge is 0.332 e. The molecule has 1 aromatic carbocycles. The molecule has 3 aromatic heterocycles. The summed E-state index contributed by atoms with van der Waals surface area (Å²) in [5.41, 5.74) is 1.71. The summed E-state index contributed by atoms with van der Waals surface area (Å²) >= 11 is 6.21. The van der Waals surface area contributed by atoms with Gasteiger partial charge < -0.3 is 4.57 Å². The molecule has 0 radical (unpaired) electrons. The van der Waals surface area contributed by atoms with Crippen LogP contribution in [0, 0.1) is 6.92 Å². The van der Waals surface area contributed by atoms with E-state index in [0.29, 0.717) is 22.0 Å². The fourth-order valence-corrected chi connectivity index (χ4v) is 3.58. The highest BCUT2D eigenvalue weighted by Gasteiger charge is 2.20. The number of halogens is 1. The van der Waals surface area contributed by atoms with E-state index < -0.39 is 5.69 Å². The lowest BCUT2D eigenvalue weighted by atomic mass is 10.2. The van der Waals surface area contributed by atoms with Crippen LogP contribution in [-0.4, -0.2) is 23.1 Å². The Morgan fingerprint density at radius 1 is 1.15 bits per heavy atom. The van der Waals surface area contributed by atoms with Gasteiger partial charge in [-0.05, 0) is 25.5 Å². The van der Waals surface area contributed by atoms with Gasteiger partial charge in [-0.15, -0.1) is 0 Å². The number of imidazole rings is 2. The van der Waals surface area contributed by atoms with Gasteiger partial charge in [0.15, 0.2) is 11.2 Å². The van der Waals surface area contributed by atoms with Gasteiger partial charge >= 0.3 is 5.69 Å². The summed E-state index contributed by atoms with van der Waals surface area (Å²) in [6.07, 6.45) is 1.87. The Hall–Kier alpha value is -2.80. The first-order valence-corrected chi connectivity index (χ1v) is 8.73. The van der Waals surface area contributed by atoms with Crippen molar-refractivity contribution in [1.29, 1.82) is 0 Å². The van der Waals surface area contributed by atoms with Gasteiger partial charge in [-0.25, -0.2) is 4.79 Å². The summed E-state index contributed by atoms with van der Waals surface area (Å²) in [5.74, 6) is 0.655. The molecule has 0 aliphatic rings. The Morgan fingerprint density at radius 2 is 1.88 bits per heavy atom. The molecule has 0 fully saturated rings. The topological polar surface area (TPSA) is 66.2 Å². The quantitative estimate of drug-likeness (QED) is 0.554. The first-order chi connectivity index (χ1) is 12.4. The second kappa shape index (κ2) is 5.88. The average Bonchev–Trinajstić information content (AvgIpc) is 3.12. The van der Waals surface area contributed by atoms with Crippen LogP contribution in [0.2, 0.25) is 5.02 Å². The van der Waals surface area contributed by atoms with E-state index in [4.69, 9.17) is 11.6 Å². The Morgan fingerprint density at radius 3 is 2.58 bits per heavy atom. The molecule has 7 nitrogen and oxygen atoms in total. The fourth-order valence-electron chi connectivity index (χ4n) is 3.38. The zero-order chi connectivity index (χ0) is 18.6. The smallest absolute Gasteiger partial charge is 0.314 e. The molecule has 26 heavy (non-hydrogen) atoms. The second-order valence-electron chi connectivity index (χ2n) is 6.29. The highest BCUT2D eigenvalue weighted by molar-refractivity contribution is 6.31. The lowest BCUT2D eigenvalue weighted by Crippen LogP contribution is -2.39. The highest BCUT2D eigenvalue weighted by Crippen LogP contribution is 2.17. The van der Waals surface area contributed by atoms with Crippen LogP contribution in [-0.2, 0) is 20.1 Å². The first kappa shape index (κ1) is 16.7. The number of benzene rings is 1. The van der Waals surface area contributed by atoms with Crippen molar-refractivity contribution >= 4 is 28.5 Å². The van der Waals surface area contributed by atoms with Crippen molar-refractivity contribution in [3.05, 3.63) is 67.6 Å². The van der Waals surface area contributed by atoms with Crippen LogP contribution in [0.5, 0.6) is 0 Å². The predicted molar refractivity (Wildman–Crippen MR) is 101 cm³/mol. The van der Waals surface area contributed by atoms with Crippen LogP contribution in [0.15, 0.2) is 40.1 Å². The minimum atomic E-state index is -0.414. The molecule has 0 bridgehead atoms. The Kier molecular flexibility index (Phi) is 3.77. The van der Waals surface area contributed by atoms with E-state index in [0.717, 1.165) is 17.8 Å². The van der Waals surface area contributed by atoms with Crippen molar-refractivity contribution in [2.24, 2.45) is 7.05 Å². The molecule has 0 aliphatic carbocycles. The number of rotatable bonds is 3. The molecule has 0 atom stereocenters. The zero-order valence-electron chi connectivity index (χ0n) is 14.7. The van der Waals surface area contributed by atoms with E-state index in [1.807, 2.05) is 42.8 Å². The van der Waals surface area contributed by atoms with Gasteiger partial charge in [-0.3, -0.25) is 18.3 Å². The molecule has 0 saturated carbocycles. The molecule has 134 valence electrons. The lowest BCUT2D eigenvalue weighted by Gasteiger charge is -2.09. The molecule has 4 aromatic rings. The van der Waals surface area contributed by atoms with Crippen molar-refractivity contribution < 1.29 is 0 Å². The normalized spacial score (nSPS) is 11.7. The van der Waals surface area contributed by atoms with E-state index in [1.54, 1.807) is 17.5 Å². The molecule has 0 N–H and O–H groups in total. The van der Waals surface area contributed by atoms with Gasteiger partial charge in [0.05, 0.1) is 6.54 Å². The molecule has 8 heteroatoms. The van der Waals surface area contributed by atoms with Crippen LogP contribution in [0.3, 0.4) is 0 Å². The summed E-state index contributed by atoms with van der Waals surface area (Å²) in [6.45, 7) is 4.82. The number of aryl methyl sites for hydroxylation is 3. The maximum atomic E-state index is 13.1. The van der Waals surface area contributed by atoms with E-state index in [2.05, 4.69) is 4.98 Å². The summed E-state index contributed by atoms with van der Waals surface area (Å²) in [7, 11) is 1.63. The molecule has 3 heterocycles. The molecule has 0 aliphatic heterocycles. The molecular formula is C18H18ClN5O2. The average molecular weight is 372 g/mol. The maximum Gasteiger partial charge on any atom is 0.332 e. The van der Waals surface area contributed by atoms with Crippen molar-refractivity contribution in [1.82, 2.24) is 23.1 Å². The number of aromatic nitrogens is 5. The monoisotopic (exact) mass is 371 g/mol. The number of nitrogens with zero attached hydrogens (tertiary/aromatic N) is 5. The van der Waals surface area contributed by atoms with Crippen LogP contribution >= 0.6 is 11.6 Å². The Bertz CT molecular complexity index is 1270. The summed E-state index contributed by atoms with van der Waals surface area (Å²) in [5, 5.41) is 0.521. The van der Waals surface area contributed by atoms with E-state index in [1.165, 1.54) is 9.13 Å². The number of hydrogen-bond donors (Lipinski definition) is 0. The first-order valence-electron chi connectivity index (χ1n) is 8.35. The zero-order valence-corrected chi connectivity index (χ0v) is 15.5. The highest BCUT2D eigenvalue weighted by atomic mass is 35.5. The van der Waals surface area contributed by atoms with Crippen LogP contribution in [0.1, 0.15) is 18.2 Å². The van der Waals surface area contributed by atoms with Crippen LogP contribution in [0.25, 0.3) is 16.9 Å². The molecular weight excluding hydrogens is 354 g/mol. The summed E-state index contributed by atoms with van der Waals surface area (Å²) in [6, 6.07) is 7.19. The van der Waals surface area contributed by atoms with Gasteiger partial charge in [0.2, 0.25) is 5.78 Å². The van der Waals surface area contributed by atoms with Gasteiger partial charge in [0, 0.05) is 30.5 Å². The lowest BCUT2D eigenvalue weighted by molar-refractivity contribution is 0.656. The fraction of sp³-hybridized carbons (Fsp3) is 0.278. The van der Waals surface area contributed by atoms with E-state index in [9.17, 15) is 9.59 Å². The van der Waals surface area contributed by atoms with Crippen molar-refractivity contribution in [3.63, 3.8) is 0 Å². The maximum absolute atomic E-state index is 13.1. The predicted octanol–water partition coefficient (Wildman–Crippen LogP) is 2.18. The standard InChI is InChI=1S/C18H18ClN5O2/c1-4-22-11(2)9-23-14-15(20-17(22)23)21(3)18(26)24(16(14)25)10-12-7-5-6-8-13(12)19/h5-9H,4,10H2,1-3H3. The van der Waals surface area contributed by atoms with Crippen LogP contribution < -0.4 is 11.2 Å². The Balaban J connectivity index is 2.06. The molecule has 4 rings (SSSR count). The van der Waals surface area contributed by atoms with E-state index in [-0.39, 0.29) is 12.1 Å². The third-order valence-electron chi connectivity index (χ3n) is 4.74. The minimum Gasteiger partial charge on any atom is -0.314 e. The second-order valence-corrected chi connectivity index (χ2v) is 6.70. The van der Waals surface area contributed by atoms with Gasteiger partial charge in [0.1, 0.15) is 0 Å². The summed E-state index contributed by atoms with van der Waals surface area (Å²) in [4.78, 5) is 30.4. The number of fused-ring (bicyclic) bond motifs is 3. The van der Waals surface area contributed by atoms with Crippen molar-refractivity contribution in [2.75, 3.05) is 0 Å². The van der Waals surface area contributed by atoms with Crippen molar-refractivity contribution in [2.45, 2.75) is 26.9 Å². The van der Waals surface area contributed by atoms with E-state index >= 15 is 0 Å². The molecule has 0 amide bonds.